The number of phenolic OH excluding ortho intramolecular Hbond substituents is 1. The molecule has 0 saturated heterocycles. The number of carbonyl (C=O) groups excluding carboxylic acids is 1. The lowest BCUT2D eigenvalue weighted by Crippen LogP contribution is -2.18. The van der Waals surface area contributed by atoms with Crippen LogP contribution in [0.2, 0.25) is 0 Å². The Morgan fingerprint density at radius 3 is 2.95 bits per heavy atom. The molecule has 0 radical (unpaired) electrons. The number of phenols is 1. The Labute approximate surface area is 137 Å². The predicted octanol–water partition coefficient (Wildman–Crippen LogP) is 2.92. The molecule has 2 N–H and O–H groups in total. The first-order valence-corrected chi connectivity index (χ1v) is 7.37. The number of nitrogens with one attached hydrogen (secondary N) is 1. The van der Waals surface area contributed by atoms with Crippen molar-refractivity contribution in [2.75, 3.05) is 0 Å². The van der Waals surface area contributed by atoms with Crippen molar-refractivity contribution in [1.29, 1.82) is 0 Å². The third kappa shape index (κ3) is 3.76. The second-order valence-corrected chi connectivity index (χ2v) is 5.82. The standard InChI is InChI=1S/C13H9BrIN3O2/c14-9-5-8(12(19)10(15)6-9)7-17-18-13(20)11-3-1-2-4-16-11/h1-7,19H,(H,18,20). The van der Waals surface area contributed by atoms with Gasteiger partial charge in [-0.3, -0.25) is 9.78 Å². The number of aromatic hydroxyl groups is 1. The molecular formula is C13H9BrIN3O2. The highest BCUT2D eigenvalue weighted by molar-refractivity contribution is 14.1. The molecule has 0 bridgehead atoms. The van der Waals surface area contributed by atoms with Crippen LogP contribution in [0.4, 0.5) is 0 Å². The molecule has 20 heavy (non-hydrogen) atoms. The summed E-state index contributed by atoms with van der Waals surface area (Å²) < 4.78 is 1.51. The zero-order valence-electron chi connectivity index (χ0n) is 10.0. The molecule has 1 aromatic heterocycles. The highest BCUT2D eigenvalue weighted by atomic mass is 127. The highest BCUT2D eigenvalue weighted by Gasteiger charge is 2.06. The van der Waals surface area contributed by atoms with E-state index in [2.05, 4.69) is 31.4 Å². The van der Waals surface area contributed by atoms with Gasteiger partial charge in [0.1, 0.15) is 11.4 Å². The number of carbonyl (C=O) groups is 1. The lowest BCUT2D eigenvalue weighted by atomic mass is 10.2. The SMILES string of the molecule is O=C(NN=Cc1cc(Br)cc(I)c1O)c1ccccn1. The van der Waals surface area contributed by atoms with Crippen molar-refractivity contribution in [1.82, 2.24) is 10.4 Å². The third-order valence-electron chi connectivity index (χ3n) is 2.32. The second-order valence-electron chi connectivity index (χ2n) is 3.74. The molecule has 0 unspecified atom stereocenters. The van der Waals surface area contributed by atoms with E-state index in [1.54, 1.807) is 30.3 Å². The largest absolute Gasteiger partial charge is 0.506 e. The van der Waals surface area contributed by atoms with Crippen LogP contribution in [0.3, 0.4) is 0 Å². The molecule has 2 aromatic rings. The van der Waals surface area contributed by atoms with E-state index in [1.165, 1.54) is 12.4 Å². The Balaban J connectivity index is 2.10. The van der Waals surface area contributed by atoms with Gasteiger partial charge in [0, 0.05) is 16.2 Å². The average Bonchev–Trinajstić information content (AvgIpc) is 2.44. The summed E-state index contributed by atoms with van der Waals surface area (Å²) in [7, 11) is 0. The molecular weight excluding hydrogens is 437 g/mol. The fourth-order valence-electron chi connectivity index (χ4n) is 1.40. The number of pyridine rings is 1. The summed E-state index contributed by atoms with van der Waals surface area (Å²) in [5, 5.41) is 13.7. The number of halogens is 2. The summed E-state index contributed by atoms with van der Waals surface area (Å²) >= 11 is 5.34. The summed E-state index contributed by atoms with van der Waals surface area (Å²) in [5.41, 5.74) is 3.13. The zero-order valence-corrected chi connectivity index (χ0v) is 13.8. The molecule has 0 aliphatic rings. The Morgan fingerprint density at radius 1 is 1.45 bits per heavy atom. The van der Waals surface area contributed by atoms with Crippen molar-refractivity contribution in [2.45, 2.75) is 0 Å². The van der Waals surface area contributed by atoms with Gasteiger partial charge in [0.2, 0.25) is 0 Å². The van der Waals surface area contributed by atoms with Crippen molar-refractivity contribution in [3.63, 3.8) is 0 Å². The number of amides is 1. The Bertz CT molecular complexity index is 662. The first kappa shape index (κ1) is 14.9. The molecule has 0 aliphatic heterocycles. The van der Waals surface area contributed by atoms with Crippen molar-refractivity contribution in [3.8, 4) is 5.75 Å². The fourth-order valence-corrected chi connectivity index (χ4v) is 2.95. The van der Waals surface area contributed by atoms with E-state index in [1.807, 2.05) is 22.6 Å². The van der Waals surface area contributed by atoms with E-state index in [0.29, 0.717) is 9.13 Å². The van der Waals surface area contributed by atoms with Gasteiger partial charge in [0.25, 0.3) is 5.91 Å². The molecule has 1 amide bonds. The smallest absolute Gasteiger partial charge is 0.289 e. The molecule has 0 fully saturated rings. The molecule has 1 aromatic carbocycles. The predicted molar refractivity (Wildman–Crippen MR) is 87.8 cm³/mol. The van der Waals surface area contributed by atoms with Crippen LogP contribution in [0.5, 0.6) is 5.75 Å². The molecule has 1 heterocycles. The molecule has 7 heteroatoms. The summed E-state index contributed by atoms with van der Waals surface area (Å²) in [5.74, 6) is -0.296. The van der Waals surface area contributed by atoms with Crippen molar-refractivity contribution < 1.29 is 9.90 Å². The van der Waals surface area contributed by atoms with E-state index in [9.17, 15) is 9.90 Å². The van der Waals surface area contributed by atoms with Gasteiger partial charge in [0.15, 0.2) is 0 Å². The Morgan fingerprint density at radius 2 is 2.25 bits per heavy atom. The van der Waals surface area contributed by atoms with E-state index in [0.717, 1.165) is 4.47 Å². The lowest BCUT2D eigenvalue weighted by Gasteiger charge is -2.03. The van der Waals surface area contributed by atoms with Gasteiger partial charge >= 0.3 is 0 Å². The molecule has 2 rings (SSSR count). The number of benzene rings is 1. The van der Waals surface area contributed by atoms with Crippen LogP contribution >= 0.6 is 38.5 Å². The van der Waals surface area contributed by atoms with E-state index >= 15 is 0 Å². The third-order valence-corrected chi connectivity index (χ3v) is 3.61. The van der Waals surface area contributed by atoms with Crippen LogP contribution in [-0.2, 0) is 0 Å². The summed E-state index contributed by atoms with van der Waals surface area (Å²) in [6, 6.07) is 8.51. The van der Waals surface area contributed by atoms with Gasteiger partial charge in [-0.2, -0.15) is 5.10 Å². The van der Waals surface area contributed by atoms with Gasteiger partial charge < -0.3 is 5.11 Å². The molecule has 0 atom stereocenters. The quantitative estimate of drug-likeness (QED) is 0.433. The summed E-state index contributed by atoms with van der Waals surface area (Å²) in [6.45, 7) is 0. The van der Waals surface area contributed by atoms with Crippen LogP contribution in [0.15, 0.2) is 46.1 Å². The summed E-state index contributed by atoms with van der Waals surface area (Å²) in [6.07, 6.45) is 2.91. The zero-order chi connectivity index (χ0) is 14.5. The first-order valence-electron chi connectivity index (χ1n) is 5.50. The molecule has 102 valence electrons. The Kier molecular flexibility index (Phi) is 5.07. The van der Waals surface area contributed by atoms with Gasteiger partial charge in [-0.15, -0.1) is 0 Å². The molecule has 0 spiro atoms. The maximum absolute atomic E-state index is 11.7. The molecule has 0 aliphatic carbocycles. The monoisotopic (exact) mass is 445 g/mol. The van der Waals surface area contributed by atoms with Crippen LogP contribution in [0, 0.1) is 3.57 Å². The molecule has 5 nitrogen and oxygen atoms in total. The minimum Gasteiger partial charge on any atom is -0.506 e. The van der Waals surface area contributed by atoms with Gasteiger partial charge in [-0.25, -0.2) is 5.43 Å². The number of hydrazone groups is 1. The van der Waals surface area contributed by atoms with Crippen LogP contribution in [-0.4, -0.2) is 22.2 Å². The van der Waals surface area contributed by atoms with Gasteiger partial charge in [-0.05, 0) is 46.9 Å². The van der Waals surface area contributed by atoms with Crippen LogP contribution < -0.4 is 5.43 Å². The van der Waals surface area contributed by atoms with E-state index in [4.69, 9.17) is 0 Å². The van der Waals surface area contributed by atoms with Crippen molar-refractivity contribution in [3.05, 3.63) is 55.8 Å². The fraction of sp³-hybridized carbons (Fsp3) is 0. The van der Waals surface area contributed by atoms with Crippen LogP contribution in [0.25, 0.3) is 0 Å². The van der Waals surface area contributed by atoms with E-state index in [-0.39, 0.29) is 11.4 Å². The van der Waals surface area contributed by atoms with Crippen molar-refractivity contribution in [2.24, 2.45) is 5.10 Å². The minimum absolute atomic E-state index is 0.115. The lowest BCUT2D eigenvalue weighted by molar-refractivity contribution is 0.0950. The maximum Gasteiger partial charge on any atom is 0.289 e. The van der Waals surface area contributed by atoms with Crippen molar-refractivity contribution >= 4 is 50.6 Å². The second kappa shape index (κ2) is 6.80. The number of rotatable bonds is 3. The number of hydrogen-bond donors (Lipinski definition) is 2. The normalized spacial score (nSPS) is 10.7. The van der Waals surface area contributed by atoms with Crippen LogP contribution in [0.1, 0.15) is 16.1 Å². The molecule has 0 saturated carbocycles. The number of hydrogen-bond acceptors (Lipinski definition) is 4. The Hall–Kier alpha value is -1.48. The first-order chi connectivity index (χ1) is 9.58. The van der Waals surface area contributed by atoms with Gasteiger partial charge in [-0.1, -0.05) is 22.0 Å². The summed E-state index contributed by atoms with van der Waals surface area (Å²) in [4.78, 5) is 15.6. The topological polar surface area (TPSA) is 74.6 Å². The average molecular weight is 446 g/mol. The number of nitrogens with zero attached hydrogens (tertiary/aromatic N) is 2. The maximum atomic E-state index is 11.7. The highest BCUT2D eigenvalue weighted by Crippen LogP contribution is 2.27. The number of aromatic nitrogens is 1. The minimum atomic E-state index is -0.411. The van der Waals surface area contributed by atoms with Gasteiger partial charge in [0.05, 0.1) is 9.78 Å². The van der Waals surface area contributed by atoms with E-state index < -0.39 is 5.91 Å².